The molecule has 1 aromatic carbocycles. The maximum absolute atomic E-state index is 5.72. The van der Waals surface area contributed by atoms with Gasteiger partial charge in [0.2, 0.25) is 11.9 Å². The number of rotatable bonds is 5. The van der Waals surface area contributed by atoms with Crippen LogP contribution in [0.2, 0.25) is 0 Å². The summed E-state index contributed by atoms with van der Waals surface area (Å²) in [5.74, 6) is 1.31. The highest BCUT2D eigenvalue weighted by Crippen LogP contribution is 2.16. The number of nitrogens with one attached hydrogen (secondary N) is 1. The highest BCUT2D eigenvalue weighted by molar-refractivity contribution is 5.57. The van der Waals surface area contributed by atoms with Gasteiger partial charge in [-0.15, -0.1) is 0 Å². The van der Waals surface area contributed by atoms with Crippen molar-refractivity contribution in [2.45, 2.75) is 0 Å². The molecule has 0 amide bonds. The lowest BCUT2D eigenvalue weighted by molar-refractivity contribution is 0.425. The van der Waals surface area contributed by atoms with Gasteiger partial charge >= 0.3 is 0 Å². The molecule has 6 nitrogen and oxygen atoms in total. The maximum Gasteiger partial charge on any atom is 0.228 e. The van der Waals surface area contributed by atoms with Crippen LogP contribution in [0.4, 0.5) is 11.9 Å². The van der Waals surface area contributed by atoms with Gasteiger partial charge in [0.25, 0.3) is 0 Å². The summed E-state index contributed by atoms with van der Waals surface area (Å²) in [6, 6.07) is 9.71. The van der Waals surface area contributed by atoms with Crippen LogP contribution in [-0.4, -0.2) is 47.0 Å². The Morgan fingerprint density at radius 3 is 2.53 bits per heavy atom. The first-order valence-corrected chi connectivity index (χ1v) is 6.11. The molecule has 0 fully saturated rings. The summed E-state index contributed by atoms with van der Waals surface area (Å²) < 4.78 is 0. The third-order valence-electron chi connectivity index (χ3n) is 2.53. The molecule has 0 saturated carbocycles. The van der Waals surface area contributed by atoms with E-state index in [-0.39, 0.29) is 5.95 Å². The van der Waals surface area contributed by atoms with E-state index < -0.39 is 0 Å². The molecule has 0 aliphatic carbocycles. The van der Waals surface area contributed by atoms with Gasteiger partial charge < -0.3 is 16.0 Å². The van der Waals surface area contributed by atoms with E-state index in [1.807, 2.05) is 44.4 Å². The molecule has 1 aromatic heterocycles. The summed E-state index contributed by atoms with van der Waals surface area (Å²) in [5, 5.41) is 3.14. The average Bonchev–Trinajstić information content (AvgIpc) is 2.39. The summed E-state index contributed by atoms with van der Waals surface area (Å²) in [6.45, 7) is 1.65. The molecule has 2 aromatic rings. The normalized spacial score (nSPS) is 10.7. The Hall–Kier alpha value is -2.21. The Morgan fingerprint density at radius 1 is 1.11 bits per heavy atom. The van der Waals surface area contributed by atoms with Crippen LogP contribution in [0.5, 0.6) is 0 Å². The Bertz CT molecular complexity index is 526. The molecule has 0 unspecified atom stereocenters. The molecule has 100 valence electrons. The van der Waals surface area contributed by atoms with Gasteiger partial charge in [-0.1, -0.05) is 30.3 Å². The molecule has 0 aliphatic heterocycles. The number of aromatic nitrogens is 3. The van der Waals surface area contributed by atoms with Crippen molar-refractivity contribution in [2.75, 3.05) is 38.2 Å². The van der Waals surface area contributed by atoms with E-state index in [0.717, 1.165) is 18.7 Å². The van der Waals surface area contributed by atoms with Gasteiger partial charge in [-0.25, -0.2) is 0 Å². The Morgan fingerprint density at radius 2 is 1.84 bits per heavy atom. The van der Waals surface area contributed by atoms with Crippen LogP contribution in [0.25, 0.3) is 11.4 Å². The molecule has 6 heteroatoms. The van der Waals surface area contributed by atoms with E-state index in [0.29, 0.717) is 11.8 Å². The van der Waals surface area contributed by atoms with Crippen molar-refractivity contribution in [3.8, 4) is 11.4 Å². The van der Waals surface area contributed by atoms with E-state index in [9.17, 15) is 0 Å². The zero-order valence-electron chi connectivity index (χ0n) is 11.2. The second-order valence-corrected chi connectivity index (χ2v) is 4.44. The standard InChI is InChI=1S/C13H18N6/c1-19(2)9-8-15-13-17-11(16-12(14)18-13)10-6-4-3-5-7-10/h3-7H,8-9H2,1-2H3,(H3,14,15,16,17,18). The first-order chi connectivity index (χ1) is 9.15. The molecule has 0 spiro atoms. The van der Waals surface area contributed by atoms with Crippen molar-refractivity contribution < 1.29 is 0 Å². The Balaban J connectivity index is 2.16. The topological polar surface area (TPSA) is 80.0 Å². The first kappa shape index (κ1) is 13.2. The predicted molar refractivity (Wildman–Crippen MR) is 76.7 cm³/mol. The minimum absolute atomic E-state index is 0.223. The lowest BCUT2D eigenvalue weighted by atomic mass is 10.2. The quantitative estimate of drug-likeness (QED) is 0.836. The molecule has 0 atom stereocenters. The SMILES string of the molecule is CN(C)CCNc1nc(N)nc(-c2ccccc2)n1. The predicted octanol–water partition coefficient (Wildman–Crippen LogP) is 1.09. The number of likely N-dealkylation sites (N-methyl/N-ethyl adjacent to an activating group) is 1. The lowest BCUT2D eigenvalue weighted by Crippen LogP contribution is -2.21. The van der Waals surface area contributed by atoms with Crippen LogP contribution in [0.15, 0.2) is 30.3 Å². The fraction of sp³-hybridized carbons (Fsp3) is 0.308. The number of hydrogen-bond donors (Lipinski definition) is 2. The van der Waals surface area contributed by atoms with Crippen LogP contribution < -0.4 is 11.1 Å². The van der Waals surface area contributed by atoms with Crippen molar-refractivity contribution in [3.63, 3.8) is 0 Å². The fourth-order valence-electron chi connectivity index (χ4n) is 1.58. The highest BCUT2D eigenvalue weighted by atomic mass is 15.2. The number of benzene rings is 1. The third-order valence-corrected chi connectivity index (χ3v) is 2.53. The van der Waals surface area contributed by atoms with Crippen LogP contribution >= 0.6 is 0 Å². The van der Waals surface area contributed by atoms with E-state index in [2.05, 4.69) is 25.2 Å². The van der Waals surface area contributed by atoms with Gasteiger partial charge in [-0.05, 0) is 14.1 Å². The van der Waals surface area contributed by atoms with Crippen LogP contribution in [0.3, 0.4) is 0 Å². The number of nitrogen functional groups attached to an aromatic ring is 1. The van der Waals surface area contributed by atoms with Crippen molar-refractivity contribution in [2.24, 2.45) is 0 Å². The number of anilines is 2. The molecule has 1 heterocycles. The monoisotopic (exact) mass is 258 g/mol. The van der Waals surface area contributed by atoms with Gasteiger partial charge in [-0.2, -0.15) is 15.0 Å². The summed E-state index contributed by atoms with van der Waals surface area (Å²) in [4.78, 5) is 14.7. The van der Waals surface area contributed by atoms with Crippen molar-refractivity contribution >= 4 is 11.9 Å². The Kier molecular flexibility index (Phi) is 4.25. The summed E-state index contributed by atoms with van der Waals surface area (Å²) in [6.07, 6.45) is 0. The van der Waals surface area contributed by atoms with Gasteiger partial charge in [0, 0.05) is 18.7 Å². The molecular weight excluding hydrogens is 240 g/mol. The van der Waals surface area contributed by atoms with Gasteiger partial charge in [0.15, 0.2) is 5.82 Å². The molecule has 3 N–H and O–H groups in total. The maximum atomic E-state index is 5.72. The average molecular weight is 258 g/mol. The second kappa shape index (κ2) is 6.10. The van der Waals surface area contributed by atoms with E-state index in [4.69, 9.17) is 5.73 Å². The summed E-state index contributed by atoms with van der Waals surface area (Å²) >= 11 is 0. The van der Waals surface area contributed by atoms with Crippen molar-refractivity contribution in [1.29, 1.82) is 0 Å². The van der Waals surface area contributed by atoms with Crippen LogP contribution in [0.1, 0.15) is 0 Å². The zero-order valence-corrected chi connectivity index (χ0v) is 11.2. The van der Waals surface area contributed by atoms with Crippen molar-refractivity contribution in [1.82, 2.24) is 19.9 Å². The van der Waals surface area contributed by atoms with Crippen molar-refractivity contribution in [3.05, 3.63) is 30.3 Å². The smallest absolute Gasteiger partial charge is 0.228 e. The molecule has 2 rings (SSSR count). The lowest BCUT2D eigenvalue weighted by Gasteiger charge is -2.11. The second-order valence-electron chi connectivity index (χ2n) is 4.44. The highest BCUT2D eigenvalue weighted by Gasteiger charge is 2.06. The van der Waals surface area contributed by atoms with E-state index >= 15 is 0 Å². The molecule has 19 heavy (non-hydrogen) atoms. The molecule has 0 radical (unpaired) electrons. The van der Waals surface area contributed by atoms with E-state index in [1.54, 1.807) is 0 Å². The fourth-order valence-corrected chi connectivity index (χ4v) is 1.58. The van der Waals surface area contributed by atoms with Crippen LogP contribution in [-0.2, 0) is 0 Å². The molecule has 0 saturated heterocycles. The minimum atomic E-state index is 0.223. The zero-order chi connectivity index (χ0) is 13.7. The van der Waals surface area contributed by atoms with Gasteiger partial charge in [-0.3, -0.25) is 0 Å². The molecular formula is C13H18N6. The Labute approximate surface area is 112 Å². The summed E-state index contributed by atoms with van der Waals surface area (Å²) in [5.41, 5.74) is 6.64. The largest absolute Gasteiger partial charge is 0.368 e. The minimum Gasteiger partial charge on any atom is -0.368 e. The molecule has 0 bridgehead atoms. The number of nitrogens with two attached hydrogens (primary N) is 1. The van der Waals surface area contributed by atoms with Gasteiger partial charge in [0.1, 0.15) is 0 Å². The van der Waals surface area contributed by atoms with Crippen LogP contribution in [0, 0.1) is 0 Å². The summed E-state index contributed by atoms with van der Waals surface area (Å²) in [7, 11) is 4.03. The number of hydrogen-bond acceptors (Lipinski definition) is 6. The van der Waals surface area contributed by atoms with E-state index in [1.165, 1.54) is 0 Å². The first-order valence-electron chi connectivity index (χ1n) is 6.11. The number of nitrogens with zero attached hydrogens (tertiary/aromatic N) is 4. The van der Waals surface area contributed by atoms with Gasteiger partial charge in [0.05, 0.1) is 0 Å². The molecule has 0 aliphatic rings. The third kappa shape index (κ3) is 3.89.